The van der Waals surface area contributed by atoms with Crippen molar-refractivity contribution in [1.82, 2.24) is 25.3 Å². The number of nitrogens with one attached hydrogen (secondary N) is 3. The van der Waals surface area contributed by atoms with E-state index in [0.717, 1.165) is 65.5 Å². The fourth-order valence-corrected chi connectivity index (χ4v) is 8.33. The number of carbonyl (C=O) groups excluding carboxylic acids is 2. The van der Waals surface area contributed by atoms with Gasteiger partial charge < -0.3 is 30.9 Å². The molecule has 1 amide bonds. The summed E-state index contributed by atoms with van der Waals surface area (Å²) >= 11 is 0. The molecule has 6 N–H and O–H groups in total. The molecule has 2 aromatic heterocycles. The predicted molar refractivity (Wildman–Crippen MR) is 243 cm³/mol. The minimum absolute atomic E-state index is 0.0474. The van der Waals surface area contributed by atoms with Gasteiger partial charge in [0.15, 0.2) is 11.2 Å². The van der Waals surface area contributed by atoms with E-state index in [1.54, 1.807) is 24.3 Å². The predicted octanol–water partition coefficient (Wildman–Crippen LogP) is 8.92. The van der Waals surface area contributed by atoms with Gasteiger partial charge in [-0.1, -0.05) is 72.6 Å². The Labute approximate surface area is 365 Å². The minimum atomic E-state index is -1.22. The molecule has 0 saturated heterocycles. The van der Waals surface area contributed by atoms with Crippen LogP contribution in [-0.2, 0) is 22.6 Å². The Bertz CT molecular complexity index is 2260. The van der Waals surface area contributed by atoms with E-state index in [2.05, 4.69) is 65.2 Å². The van der Waals surface area contributed by atoms with Crippen LogP contribution in [0.3, 0.4) is 0 Å². The van der Waals surface area contributed by atoms with Gasteiger partial charge in [-0.15, -0.1) is 0 Å². The Morgan fingerprint density at radius 3 is 2.24 bits per heavy atom. The van der Waals surface area contributed by atoms with Gasteiger partial charge in [0.2, 0.25) is 5.95 Å². The smallest absolute Gasteiger partial charge is 0.334 e. The maximum Gasteiger partial charge on any atom is 0.334 e. The highest BCUT2D eigenvalue weighted by Crippen LogP contribution is 2.45. The van der Waals surface area contributed by atoms with Gasteiger partial charge in [-0.2, -0.15) is 4.98 Å². The molecular formula is C48H67N7O7. The molecule has 62 heavy (non-hydrogen) atoms. The number of carbonyl (C=O) groups is 3. The van der Waals surface area contributed by atoms with Gasteiger partial charge in [-0.05, 0) is 119 Å². The molecule has 336 valence electrons. The number of anilines is 2. The van der Waals surface area contributed by atoms with E-state index in [1.165, 1.54) is 51.1 Å². The molecule has 0 radical (unpaired) electrons. The topological polar surface area (TPSA) is 212 Å². The quantitative estimate of drug-likeness (QED) is 0.0371. The molecule has 14 nitrogen and oxygen atoms in total. The van der Waals surface area contributed by atoms with Crippen molar-refractivity contribution >= 4 is 40.6 Å². The van der Waals surface area contributed by atoms with Gasteiger partial charge in [0, 0.05) is 23.2 Å². The second-order valence-electron chi connectivity index (χ2n) is 18.2. The number of ether oxygens (including phenoxy) is 2. The minimum Gasteiger partial charge on any atom is -0.487 e. The van der Waals surface area contributed by atoms with Gasteiger partial charge in [-0.3, -0.25) is 19.4 Å². The van der Waals surface area contributed by atoms with Crippen molar-refractivity contribution in [2.75, 3.05) is 11.1 Å². The van der Waals surface area contributed by atoms with Crippen LogP contribution in [0.15, 0.2) is 35.3 Å². The first kappa shape index (κ1) is 47.5. The largest absolute Gasteiger partial charge is 0.487 e. The highest BCUT2D eigenvalue weighted by Gasteiger charge is 2.35. The zero-order valence-electron chi connectivity index (χ0n) is 37.9. The summed E-state index contributed by atoms with van der Waals surface area (Å²) in [6, 6.07) is 5.30. The number of rotatable bonds is 22. The molecular weight excluding hydrogens is 787 g/mol. The molecule has 1 aliphatic heterocycles. The third kappa shape index (κ3) is 13.0. The van der Waals surface area contributed by atoms with E-state index in [9.17, 15) is 24.3 Å². The van der Waals surface area contributed by atoms with Gasteiger partial charge in [0.1, 0.15) is 23.1 Å². The van der Waals surface area contributed by atoms with E-state index >= 15 is 0 Å². The molecule has 5 rings (SSSR count). The molecule has 0 bridgehead atoms. The molecule has 0 saturated carbocycles. The molecule has 2 aromatic carbocycles. The van der Waals surface area contributed by atoms with E-state index in [0.29, 0.717) is 23.0 Å². The van der Waals surface area contributed by atoms with Crippen molar-refractivity contribution in [2.24, 2.45) is 17.8 Å². The zero-order chi connectivity index (χ0) is 45.1. The molecule has 0 fully saturated rings. The first-order valence-corrected chi connectivity index (χ1v) is 22.3. The number of aliphatic carboxylic acids is 1. The van der Waals surface area contributed by atoms with Gasteiger partial charge >= 0.3 is 11.9 Å². The summed E-state index contributed by atoms with van der Waals surface area (Å²) in [5.74, 6) is 1.09. The summed E-state index contributed by atoms with van der Waals surface area (Å²) in [5.41, 5.74) is 9.88. The number of aromatic nitrogens is 4. The highest BCUT2D eigenvalue weighted by molar-refractivity contribution is 5.97. The Balaban J connectivity index is 1.16. The molecule has 4 aromatic rings. The summed E-state index contributed by atoms with van der Waals surface area (Å²) in [6.45, 7) is 17.6. The Morgan fingerprint density at radius 2 is 1.58 bits per heavy atom. The van der Waals surface area contributed by atoms with Crippen molar-refractivity contribution in [2.45, 2.75) is 157 Å². The second-order valence-corrected chi connectivity index (χ2v) is 18.2. The fourth-order valence-electron chi connectivity index (χ4n) is 8.33. The summed E-state index contributed by atoms with van der Waals surface area (Å²) < 4.78 is 12.9. The van der Waals surface area contributed by atoms with Crippen LogP contribution in [0.1, 0.15) is 150 Å². The first-order chi connectivity index (χ1) is 29.4. The number of hydrogen-bond acceptors (Lipinski definition) is 11. The summed E-state index contributed by atoms with van der Waals surface area (Å²) in [4.78, 5) is 65.9. The second kappa shape index (κ2) is 21.5. The molecule has 4 atom stereocenters. The molecule has 0 spiro atoms. The SMILES string of the molecule is Cc1c(C)c2c(c(C)c1OC(=O)C(CCC(=O)O)NC(=O)c1ccc(NCc3cnc4nc(N)[nH]c(=O)c4n3)cc1)CC[C@@](C)(CCC[C@H](C)CCC[C@H](C)CCCC(C)C)O2. The van der Waals surface area contributed by atoms with Gasteiger partial charge in [-0.25, -0.2) is 14.8 Å². The van der Waals surface area contributed by atoms with Crippen molar-refractivity contribution in [3.8, 4) is 11.5 Å². The van der Waals surface area contributed by atoms with E-state index in [1.807, 2.05) is 20.8 Å². The van der Waals surface area contributed by atoms with Crippen molar-refractivity contribution < 1.29 is 29.0 Å². The summed E-state index contributed by atoms with van der Waals surface area (Å²) in [5, 5.41) is 15.4. The number of H-pyrrole nitrogens is 1. The molecule has 1 aliphatic rings. The lowest BCUT2D eigenvalue weighted by molar-refractivity contribution is -0.139. The fraction of sp³-hybridized carbons (Fsp3) is 0.562. The third-order valence-electron chi connectivity index (χ3n) is 12.4. The van der Waals surface area contributed by atoms with Crippen molar-refractivity contribution in [3.63, 3.8) is 0 Å². The standard InChI is InChI=1S/C48H67N7O7/c1-28(2)12-9-13-29(3)14-10-15-30(4)16-11-24-48(8)25-23-37-33(7)41(31(5)32(6)42(37)62-48)61-46(60)38(21-22-39(56)57)53-44(58)34-17-19-35(20-18-34)50-26-36-27-51-43-40(52-36)45(59)55-47(49)54-43/h17-20,27-30,38,50H,9-16,21-26H2,1-8H3,(H,53,58)(H,56,57)(H3,49,51,54,55,59)/t29-,30-,38?,48-/m1/s1. The van der Waals surface area contributed by atoms with Crippen LogP contribution in [0.4, 0.5) is 11.6 Å². The Kier molecular flexibility index (Phi) is 16.5. The normalized spacial score (nSPS) is 16.3. The monoisotopic (exact) mass is 854 g/mol. The molecule has 3 heterocycles. The number of nitrogens with zero attached hydrogens (tertiary/aromatic N) is 3. The highest BCUT2D eigenvalue weighted by atomic mass is 16.5. The van der Waals surface area contributed by atoms with Crippen LogP contribution in [0, 0.1) is 38.5 Å². The van der Waals surface area contributed by atoms with E-state index < -0.39 is 29.4 Å². The van der Waals surface area contributed by atoms with Crippen LogP contribution < -0.4 is 31.4 Å². The number of amides is 1. The van der Waals surface area contributed by atoms with E-state index in [4.69, 9.17) is 15.2 Å². The number of nitrogen functional groups attached to an aromatic ring is 1. The maximum atomic E-state index is 13.8. The first-order valence-electron chi connectivity index (χ1n) is 22.3. The number of nitrogens with two attached hydrogens (primary N) is 1. The van der Waals surface area contributed by atoms with Crippen LogP contribution in [0.25, 0.3) is 11.2 Å². The van der Waals surface area contributed by atoms with Crippen LogP contribution in [0.2, 0.25) is 0 Å². The number of benzene rings is 2. The van der Waals surface area contributed by atoms with Gasteiger partial charge in [0.25, 0.3) is 11.5 Å². The van der Waals surface area contributed by atoms with Crippen molar-refractivity contribution in [3.05, 3.63) is 74.3 Å². The summed E-state index contributed by atoms with van der Waals surface area (Å²) in [6.07, 6.45) is 13.7. The molecule has 1 unspecified atom stereocenters. The van der Waals surface area contributed by atoms with Crippen LogP contribution in [0.5, 0.6) is 11.5 Å². The third-order valence-corrected chi connectivity index (χ3v) is 12.4. The molecule has 0 aliphatic carbocycles. The number of fused-ring (bicyclic) bond motifs is 2. The number of carboxylic acids is 1. The Hall–Kier alpha value is -5.53. The Morgan fingerprint density at radius 1 is 0.919 bits per heavy atom. The average molecular weight is 854 g/mol. The van der Waals surface area contributed by atoms with Crippen LogP contribution in [-0.4, -0.2) is 54.5 Å². The lowest BCUT2D eigenvalue weighted by atomic mass is 9.83. The van der Waals surface area contributed by atoms with Gasteiger partial charge in [0.05, 0.1) is 18.4 Å². The maximum absolute atomic E-state index is 13.8. The lowest BCUT2D eigenvalue weighted by Gasteiger charge is -2.38. The number of esters is 1. The number of carboxylic acid groups (broad SMARTS) is 1. The number of aromatic amines is 1. The summed E-state index contributed by atoms with van der Waals surface area (Å²) in [7, 11) is 0. The van der Waals surface area contributed by atoms with E-state index in [-0.39, 0.29) is 47.7 Å². The van der Waals surface area contributed by atoms with Crippen molar-refractivity contribution in [1.29, 1.82) is 0 Å². The zero-order valence-corrected chi connectivity index (χ0v) is 37.9. The number of hydrogen-bond donors (Lipinski definition) is 5. The average Bonchev–Trinajstić information content (AvgIpc) is 3.22. The van der Waals surface area contributed by atoms with Crippen LogP contribution >= 0.6 is 0 Å². The lowest BCUT2D eigenvalue weighted by Crippen LogP contribution is -2.43. The molecule has 14 heteroatoms.